The zero-order valence-corrected chi connectivity index (χ0v) is 16.5. The third kappa shape index (κ3) is 3.49. The average molecular weight is 348 g/mol. The smallest absolute Gasteiger partial charge is 0.219 e. The zero-order chi connectivity index (χ0) is 17.6. The van der Waals surface area contributed by atoms with Crippen LogP contribution in [0.1, 0.15) is 59.3 Å². The van der Waals surface area contributed by atoms with Crippen LogP contribution in [0, 0.1) is 17.3 Å². The predicted octanol–water partition coefficient (Wildman–Crippen LogP) is 2.83. The molecule has 1 aliphatic carbocycles. The van der Waals surface area contributed by atoms with E-state index in [2.05, 4.69) is 23.6 Å². The topological polar surface area (TPSA) is 26.8 Å². The van der Waals surface area contributed by atoms with Crippen LogP contribution in [0.4, 0.5) is 0 Å². The summed E-state index contributed by atoms with van der Waals surface area (Å²) in [5, 5.41) is 0. The second kappa shape index (κ2) is 6.84. The van der Waals surface area contributed by atoms with Gasteiger partial charge in [-0.3, -0.25) is 9.69 Å². The zero-order valence-electron chi connectivity index (χ0n) is 16.5. The Balaban J connectivity index is 1.17. The van der Waals surface area contributed by atoms with Gasteiger partial charge >= 0.3 is 0 Å². The second-order valence-corrected chi connectivity index (χ2v) is 9.82. The van der Waals surface area contributed by atoms with Gasteiger partial charge in [-0.25, -0.2) is 0 Å². The summed E-state index contributed by atoms with van der Waals surface area (Å²) in [6.07, 6.45) is 8.05. The molecule has 3 saturated heterocycles. The van der Waals surface area contributed by atoms with Crippen molar-refractivity contribution in [2.24, 2.45) is 17.3 Å². The maximum atomic E-state index is 11.5. The van der Waals surface area contributed by atoms with E-state index in [1.165, 1.54) is 64.7 Å². The molecule has 1 amide bonds. The van der Waals surface area contributed by atoms with E-state index in [9.17, 15) is 4.79 Å². The minimum absolute atomic E-state index is 0.250. The highest BCUT2D eigenvalue weighted by molar-refractivity contribution is 5.73. The fourth-order valence-electron chi connectivity index (χ4n) is 6.02. The van der Waals surface area contributed by atoms with Gasteiger partial charge in [0.15, 0.2) is 0 Å². The largest absolute Gasteiger partial charge is 0.343 e. The summed E-state index contributed by atoms with van der Waals surface area (Å²) >= 11 is 0. The van der Waals surface area contributed by atoms with Crippen LogP contribution in [0.15, 0.2) is 0 Å². The lowest BCUT2D eigenvalue weighted by Gasteiger charge is -2.62. The van der Waals surface area contributed by atoms with E-state index in [0.29, 0.717) is 0 Å². The molecule has 25 heavy (non-hydrogen) atoms. The number of carbonyl (C=O) groups excluding carboxylic acids is 1. The van der Waals surface area contributed by atoms with Gasteiger partial charge in [0.2, 0.25) is 5.91 Å². The lowest BCUT2D eigenvalue weighted by Crippen LogP contribution is -2.66. The molecule has 142 valence electrons. The van der Waals surface area contributed by atoms with Gasteiger partial charge < -0.3 is 9.80 Å². The van der Waals surface area contributed by atoms with Crippen LogP contribution in [0.25, 0.3) is 0 Å². The minimum atomic E-state index is 0.250. The van der Waals surface area contributed by atoms with Gasteiger partial charge in [0, 0.05) is 45.2 Å². The molecule has 1 saturated carbocycles. The van der Waals surface area contributed by atoms with E-state index >= 15 is 0 Å². The highest BCUT2D eigenvalue weighted by Gasteiger charge is 2.54. The van der Waals surface area contributed by atoms with Crippen LogP contribution in [-0.4, -0.2) is 72.0 Å². The van der Waals surface area contributed by atoms with Crippen LogP contribution in [-0.2, 0) is 4.79 Å². The van der Waals surface area contributed by atoms with Crippen LogP contribution in [0.2, 0.25) is 0 Å². The first kappa shape index (κ1) is 17.8. The van der Waals surface area contributed by atoms with Crippen molar-refractivity contribution < 1.29 is 4.79 Å². The molecule has 0 radical (unpaired) electrons. The van der Waals surface area contributed by atoms with Gasteiger partial charge in [-0.05, 0) is 68.9 Å². The molecule has 3 heterocycles. The summed E-state index contributed by atoms with van der Waals surface area (Å²) in [6, 6.07) is 1.56. The first-order valence-corrected chi connectivity index (χ1v) is 10.7. The first-order chi connectivity index (χ1) is 12.0. The van der Waals surface area contributed by atoms with Crippen LogP contribution in [0.5, 0.6) is 0 Å². The van der Waals surface area contributed by atoms with Gasteiger partial charge in [-0.2, -0.15) is 0 Å². The number of carbonyl (C=O) groups is 1. The summed E-state index contributed by atoms with van der Waals surface area (Å²) < 4.78 is 0. The van der Waals surface area contributed by atoms with E-state index in [1.807, 2.05) is 4.90 Å². The Morgan fingerprint density at radius 1 is 0.880 bits per heavy atom. The lowest BCUT2D eigenvalue weighted by molar-refractivity contribution is -0.133. The van der Waals surface area contributed by atoms with Gasteiger partial charge in [0.25, 0.3) is 0 Å². The number of likely N-dealkylation sites (tertiary alicyclic amines) is 3. The quantitative estimate of drug-likeness (QED) is 0.785. The Labute approximate surface area is 153 Å². The molecule has 0 bridgehead atoms. The van der Waals surface area contributed by atoms with Crippen molar-refractivity contribution in [3.8, 4) is 0 Å². The highest BCUT2D eigenvalue weighted by atomic mass is 16.2. The number of nitrogens with zero attached hydrogens (tertiary/aromatic N) is 3. The Hall–Kier alpha value is -0.610. The summed E-state index contributed by atoms with van der Waals surface area (Å²) in [5.41, 5.74) is 0.728. The highest BCUT2D eigenvalue weighted by Crippen LogP contribution is 2.55. The van der Waals surface area contributed by atoms with E-state index in [4.69, 9.17) is 0 Å². The Morgan fingerprint density at radius 2 is 1.40 bits per heavy atom. The molecule has 0 atom stereocenters. The first-order valence-electron chi connectivity index (χ1n) is 10.7. The van der Waals surface area contributed by atoms with Gasteiger partial charge in [-0.15, -0.1) is 0 Å². The molecule has 4 fully saturated rings. The molecule has 0 unspecified atom stereocenters. The maximum Gasteiger partial charge on any atom is 0.219 e. The number of hydrogen-bond donors (Lipinski definition) is 0. The molecule has 1 spiro atoms. The normalized spacial score (nSPS) is 29.8. The van der Waals surface area contributed by atoms with Crippen molar-refractivity contribution in [2.45, 2.75) is 71.4 Å². The molecular weight excluding hydrogens is 310 g/mol. The molecule has 0 aromatic heterocycles. The maximum absolute atomic E-state index is 11.5. The molecule has 4 heteroatoms. The molecule has 0 N–H and O–H groups in total. The Kier molecular flexibility index (Phi) is 4.87. The fourth-order valence-corrected chi connectivity index (χ4v) is 6.02. The lowest BCUT2D eigenvalue weighted by atomic mass is 9.55. The molecule has 0 aromatic rings. The van der Waals surface area contributed by atoms with Crippen molar-refractivity contribution in [3.63, 3.8) is 0 Å². The number of rotatable bonds is 3. The molecule has 4 nitrogen and oxygen atoms in total. The van der Waals surface area contributed by atoms with E-state index in [-0.39, 0.29) is 5.91 Å². The van der Waals surface area contributed by atoms with Crippen molar-refractivity contribution in [1.29, 1.82) is 0 Å². The minimum Gasteiger partial charge on any atom is -0.343 e. The summed E-state index contributed by atoms with van der Waals surface area (Å²) in [5.74, 6) is 2.14. The van der Waals surface area contributed by atoms with Crippen molar-refractivity contribution in [3.05, 3.63) is 0 Å². The van der Waals surface area contributed by atoms with E-state index in [0.717, 1.165) is 42.4 Å². The standard InChI is InChI=1S/C21H37N3O/c1-16(2)18-12-21(13-18)14-24(15-21)20-6-10-23(11-7-20)19-4-8-22(9-5-19)17(3)25/h16,18-20H,4-15H2,1-3H3. The summed E-state index contributed by atoms with van der Waals surface area (Å²) in [4.78, 5) is 19.0. The molecular formula is C21H37N3O. The van der Waals surface area contributed by atoms with Crippen LogP contribution >= 0.6 is 0 Å². The predicted molar refractivity (Wildman–Crippen MR) is 101 cm³/mol. The van der Waals surface area contributed by atoms with Gasteiger partial charge in [0.05, 0.1) is 0 Å². The van der Waals surface area contributed by atoms with Crippen molar-refractivity contribution >= 4 is 5.91 Å². The molecule has 3 aliphatic heterocycles. The second-order valence-electron chi connectivity index (χ2n) is 9.82. The summed E-state index contributed by atoms with van der Waals surface area (Å²) in [6.45, 7) is 13.7. The fraction of sp³-hybridized carbons (Fsp3) is 0.952. The molecule has 0 aromatic carbocycles. The number of hydrogen-bond acceptors (Lipinski definition) is 3. The van der Waals surface area contributed by atoms with Crippen LogP contribution in [0.3, 0.4) is 0 Å². The van der Waals surface area contributed by atoms with Crippen LogP contribution < -0.4 is 0 Å². The van der Waals surface area contributed by atoms with Crippen molar-refractivity contribution in [2.75, 3.05) is 39.3 Å². The van der Waals surface area contributed by atoms with Gasteiger partial charge in [-0.1, -0.05) is 13.8 Å². The SMILES string of the molecule is CC(=O)N1CCC(N2CCC(N3CC4(CC(C(C)C)C4)C3)CC2)CC1. The third-order valence-electron chi connectivity index (χ3n) is 7.85. The Morgan fingerprint density at radius 3 is 1.92 bits per heavy atom. The monoisotopic (exact) mass is 347 g/mol. The summed E-state index contributed by atoms with van der Waals surface area (Å²) in [7, 11) is 0. The van der Waals surface area contributed by atoms with E-state index < -0.39 is 0 Å². The van der Waals surface area contributed by atoms with E-state index in [1.54, 1.807) is 6.92 Å². The number of amides is 1. The average Bonchev–Trinajstić information content (AvgIpc) is 2.52. The molecule has 4 aliphatic rings. The van der Waals surface area contributed by atoms with Crippen molar-refractivity contribution in [1.82, 2.24) is 14.7 Å². The molecule has 4 rings (SSSR count). The Bertz CT molecular complexity index is 475. The third-order valence-corrected chi connectivity index (χ3v) is 7.85. The van der Waals surface area contributed by atoms with Gasteiger partial charge in [0.1, 0.15) is 0 Å². The number of piperidine rings is 2.